The topological polar surface area (TPSA) is 87.2 Å². The molecule has 1 N–H and O–H groups in total. The Kier molecular flexibility index (Phi) is 4.75. The Balaban J connectivity index is 1.76. The van der Waals surface area contributed by atoms with E-state index in [2.05, 4.69) is 0 Å². The van der Waals surface area contributed by atoms with Crippen molar-refractivity contribution in [2.75, 3.05) is 19.7 Å². The Morgan fingerprint density at radius 1 is 1.19 bits per heavy atom. The first-order chi connectivity index (χ1) is 12.2. The van der Waals surface area contributed by atoms with Crippen molar-refractivity contribution in [2.24, 2.45) is 5.92 Å². The van der Waals surface area contributed by atoms with Gasteiger partial charge in [0.15, 0.2) is 0 Å². The van der Waals surface area contributed by atoms with E-state index in [0.29, 0.717) is 24.1 Å². The fourth-order valence-electron chi connectivity index (χ4n) is 3.54. The Morgan fingerprint density at radius 2 is 1.77 bits per heavy atom. The van der Waals surface area contributed by atoms with Crippen LogP contribution in [0.3, 0.4) is 0 Å². The first-order valence-electron chi connectivity index (χ1n) is 8.78. The number of ether oxygens (including phenoxy) is 1. The van der Waals surface area contributed by atoms with Crippen LogP contribution >= 0.6 is 0 Å². The molecule has 2 aliphatic rings. The van der Waals surface area contributed by atoms with E-state index in [9.17, 15) is 19.5 Å². The molecule has 0 saturated carbocycles. The molecule has 140 valence electrons. The van der Waals surface area contributed by atoms with Gasteiger partial charge in [-0.25, -0.2) is 4.79 Å². The fourth-order valence-corrected chi connectivity index (χ4v) is 3.54. The van der Waals surface area contributed by atoms with E-state index in [-0.39, 0.29) is 25.0 Å². The molecule has 2 unspecified atom stereocenters. The molecule has 0 aliphatic carbocycles. The molecule has 3 rings (SSSR count). The second kappa shape index (κ2) is 6.72. The summed E-state index contributed by atoms with van der Waals surface area (Å²) in [7, 11) is 0. The molecular formula is C19H24N2O5. The largest absolute Gasteiger partial charge is 0.444 e. The first-order valence-corrected chi connectivity index (χ1v) is 8.78. The maximum Gasteiger partial charge on any atom is 0.410 e. The lowest BCUT2D eigenvalue weighted by Crippen LogP contribution is -2.55. The number of piperidine rings is 1. The number of carbonyl (C=O) groups is 3. The highest BCUT2D eigenvalue weighted by Crippen LogP contribution is 2.31. The maximum atomic E-state index is 12.7. The van der Waals surface area contributed by atoms with Crippen molar-refractivity contribution in [3.8, 4) is 0 Å². The highest BCUT2D eigenvalue weighted by atomic mass is 16.6. The molecule has 0 bridgehead atoms. The highest BCUT2D eigenvalue weighted by Gasteiger charge is 2.45. The molecule has 2 heterocycles. The normalized spacial score (nSPS) is 23.2. The Labute approximate surface area is 152 Å². The number of aliphatic hydroxyl groups excluding tert-OH is 1. The van der Waals surface area contributed by atoms with Crippen LogP contribution < -0.4 is 0 Å². The summed E-state index contributed by atoms with van der Waals surface area (Å²) in [4.78, 5) is 40.4. The van der Waals surface area contributed by atoms with Gasteiger partial charge in [-0.2, -0.15) is 0 Å². The van der Waals surface area contributed by atoms with Gasteiger partial charge in [-0.05, 0) is 39.3 Å². The van der Waals surface area contributed by atoms with Gasteiger partial charge in [-0.1, -0.05) is 12.1 Å². The number of imide groups is 1. The lowest BCUT2D eigenvalue weighted by atomic mass is 9.91. The summed E-state index contributed by atoms with van der Waals surface area (Å²) in [6.07, 6.45) is -0.0348. The molecule has 0 aromatic heterocycles. The van der Waals surface area contributed by atoms with Crippen LogP contribution in [0.25, 0.3) is 0 Å². The third kappa shape index (κ3) is 3.31. The summed E-state index contributed by atoms with van der Waals surface area (Å²) in [5, 5.41) is 9.82. The molecule has 1 saturated heterocycles. The van der Waals surface area contributed by atoms with Gasteiger partial charge >= 0.3 is 6.09 Å². The van der Waals surface area contributed by atoms with Crippen molar-refractivity contribution in [3.05, 3.63) is 35.4 Å². The van der Waals surface area contributed by atoms with E-state index < -0.39 is 23.7 Å². The molecule has 0 spiro atoms. The molecule has 2 aliphatic heterocycles. The van der Waals surface area contributed by atoms with Gasteiger partial charge < -0.3 is 14.7 Å². The lowest BCUT2D eigenvalue weighted by Gasteiger charge is -2.41. The number of aliphatic hydroxyl groups is 1. The number of carbonyl (C=O) groups excluding carboxylic acids is 3. The van der Waals surface area contributed by atoms with Gasteiger partial charge in [0.05, 0.1) is 11.1 Å². The van der Waals surface area contributed by atoms with Crippen LogP contribution in [-0.4, -0.2) is 64.2 Å². The summed E-state index contributed by atoms with van der Waals surface area (Å²) in [6.45, 7) is 5.75. The highest BCUT2D eigenvalue weighted by molar-refractivity contribution is 6.21. The minimum atomic E-state index is -0.606. The van der Waals surface area contributed by atoms with Gasteiger partial charge in [-0.15, -0.1) is 0 Å². The molecule has 26 heavy (non-hydrogen) atoms. The van der Waals surface area contributed by atoms with E-state index in [1.165, 1.54) is 9.80 Å². The van der Waals surface area contributed by atoms with E-state index in [1.54, 1.807) is 45.0 Å². The zero-order valence-corrected chi connectivity index (χ0v) is 15.3. The molecule has 1 aromatic carbocycles. The lowest BCUT2D eigenvalue weighted by molar-refractivity contribution is -0.00201. The van der Waals surface area contributed by atoms with Crippen molar-refractivity contribution in [1.29, 1.82) is 0 Å². The van der Waals surface area contributed by atoms with Gasteiger partial charge in [0.1, 0.15) is 5.60 Å². The number of fused-ring (bicyclic) bond motifs is 1. The smallest absolute Gasteiger partial charge is 0.410 e. The number of amides is 3. The predicted octanol–water partition coefficient (Wildman–Crippen LogP) is 1.90. The minimum absolute atomic E-state index is 0.225. The van der Waals surface area contributed by atoms with Crippen LogP contribution in [0.5, 0.6) is 0 Å². The molecule has 0 radical (unpaired) electrons. The monoisotopic (exact) mass is 360 g/mol. The average molecular weight is 360 g/mol. The summed E-state index contributed by atoms with van der Waals surface area (Å²) in [5.74, 6) is -1.07. The number of hydrogen-bond donors (Lipinski definition) is 1. The van der Waals surface area contributed by atoms with Crippen LogP contribution in [0.2, 0.25) is 0 Å². The van der Waals surface area contributed by atoms with Crippen molar-refractivity contribution in [1.82, 2.24) is 9.80 Å². The molecule has 7 heteroatoms. The molecule has 3 amide bonds. The van der Waals surface area contributed by atoms with E-state index in [1.807, 2.05) is 0 Å². The number of rotatable bonds is 2. The Hall–Kier alpha value is -2.41. The maximum absolute atomic E-state index is 12.7. The zero-order valence-electron chi connectivity index (χ0n) is 15.3. The summed E-state index contributed by atoms with van der Waals surface area (Å²) in [6, 6.07) is 6.29. The summed E-state index contributed by atoms with van der Waals surface area (Å²) < 4.78 is 5.38. The van der Waals surface area contributed by atoms with Crippen molar-refractivity contribution in [2.45, 2.75) is 38.8 Å². The zero-order chi connectivity index (χ0) is 19.1. The number of nitrogens with zero attached hydrogens (tertiary/aromatic N) is 2. The van der Waals surface area contributed by atoms with Crippen LogP contribution in [0.1, 0.15) is 47.9 Å². The molecule has 2 atom stereocenters. The first kappa shape index (κ1) is 18.4. The van der Waals surface area contributed by atoms with Gasteiger partial charge in [0.2, 0.25) is 0 Å². The SMILES string of the molecule is CC(C)(C)OC(=O)N1CCC(N2C(=O)c3ccccc3C2=O)C(CO)C1. The molecule has 1 fully saturated rings. The third-order valence-corrected chi connectivity index (χ3v) is 4.74. The van der Waals surface area contributed by atoms with Crippen molar-refractivity contribution < 1.29 is 24.2 Å². The number of benzene rings is 1. The van der Waals surface area contributed by atoms with E-state index in [4.69, 9.17) is 4.74 Å². The van der Waals surface area contributed by atoms with Gasteiger partial charge in [0.25, 0.3) is 11.8 Å². The third-order valence-electron chi connectivity index (χ3n) is 4.74. The number of hydrogen-bond acceptors (Lipinski definition) is 5. The van der Waals surface area contributed by atoms with E-state index in [0.717, 1.165) is 0 Å². The van der Waals surface area contributed by atoms with Crippen LogP contribution in [0.15, 0.2) is 24.3 Å². The predicted molar refractivity (Wildman–Crippen MR) is 93.7 cm³/mol. The fraction of sp³-hybridized carbons (Fsp3) is 0.526. The Bertz CT molecular complexity index is 705. The second-order valence-electron chi connectivity index (χ2n) is 7.75. The van der Waals surface area contributed by atoms with Crippen molar-refractivity contribution >= 4 is 17.9 Å². The van der Waals surface area contributed by atoms with Gasteiger partial charge in [0, 0.05) is 31.7 Å². The molecular weight excluding hydrogens is 336 g/mol. The van der Waals surface area contributed by atoms with Crippen LogP contribution in [0, 0.1) is 5.92 Å². The van der Waals surface area contributed by atoms with E-state index >= 15 is 0 Å². The summed E-state index contributed by atoms with van der Waals surface area (Å²) >= 11 is 0. The second-order valence-corrected chi connectivity index (χ2v) is 7.75. The number of likely N-dealkylation sites (tertiary alicyclic amines) is 1. The molecule has 1 aromatic rings. The summed E-state index contributed by atoms with van der Waals surface area (Å²) in [5.41, 5.74) is 0.179. The van der Waals surface area contributed by atoms with Gasteiger partial charge in [-0.3, -0.25) is 14.5 Å². The average Bonchev–Trinajstić information content (AvgIpc) is 2.84. The minimum Gasteiger partial charge on any atom is -0.444 e. The van der Waals surface area contributed by atoms with Crippen molar-refractivity contribution in [3.63, 3.8) is 0 Å². The Morgan fingerprint density at radius 3 is 2.27 bits per heavy atom. The quantitative estimate of drug-likeness (QED) is 0.814. The van der Waals surface area contributed by atoms with Crippen LogP contribution in [0.4, 0.5) is 4.79 Å². The standard InChI is InChI=1S/C19H24N2O5/c1-19(2,3)26-18(25)20-9-8-15(12(10-20)11-22)21-16(23)13-6-4-5-7-14(13)17(21)24/h4-7,12,15,22H,8-11H2,1-3H3. The molecule has 7 nitrogen and oxygen atoms in total. The van der Waals surface area contributed by atoms with Crippen LogP contribution in [-0.2, 0) is 4.74 Å².